The van der Waals surface area contributed by atoms with Crippen molar-refractivity contribution in [3.8, 4) is 0 Å². The molecule has 2 nitrogen and oxygen atoms in total. The second-order valence-corrected chi connectivity index (χ2v) is 5.09. The van der Waals surface area contributed by atoms with Crippen molar-refractivity contribution in [1.82, 2.24) is 5.32 Å². The average Bonchev–Trinajstić information content (AvgIpc) is 2.90. The molecule has 0 saturated heterocycles. The molecule has 0 spiro atoms. The summed E-state index contributed by atoms with van der Waals surface area (Å²) in [7, 11) is 0. The van der Waals surface area contributed by atoms with E-state index >= 15 is 0 Å². The highest BCUT2D eigenvalue weighted by Gasteiger charge is 2.18. The molecule has 0 bridgehead atoms. The van der Waals surface area contributed by atoms with Crippen LogP contribution in [-0.2, 0) is 0 Å². The molecule has 0 aliphatic rings. The zero-order valence-electron chi connectivity index (χ0n) is 11.3. The summed E-state index contributed by atoms with van der Waals surface area (Å²) in [6.07, 6.45) is 1.63. The van der Waals surface area contributed by atoms with E-state index in [4.69, 9.17) is 16.0 Å². The molecule has 2 aromatic carbocycles. The highest BCUT2D eigenvalue weighted by atomic mass is 35.5. The van der Waals surface area contributed by atoms with Crippen molar-refractivity contribution in [2.24, 2.45) is 0 Å². The molecule has 0 saturated carbocycles. The molecule has 1 unspecified atom stereocenters. The number of hydrogen-bond donors (Lipinski definition) is 1. The number of furan rings is 1. The van der Waals surface area contributed by atoms with Crippen LogP contribution in [0.15, 0.2) is 59.2 Å². The molecule has 3 heteroatoms. The van der Waals surface area contributed by atoms with Crippen LogP contribution in [0.4, 0.5) is 0 Å². The number of benzene rings is 2. The maximum Gasteiger partial charge on any atom is 0.198 e. The molecule has 1 N–H and O–H groups in total. The van der Waals surface area contributed by atoms with E-state index in [1.165, 1.54) is 16.3 Å². The molecular weight excluding hydrogens is 270 g/mol. The van der Waals surface area contributed by atoms with Crippen LogP contribution in [0.25, 0.3) is 10.8 Å². The fraction of sp³-hybridized carbons (Fsp3) is 0.176. The van der Waals surface area contributed by atoms with E-state index in [1.54, 1.807) is 6.26 Å². The summed E-state index contributed by atoms with van der Waals surface area (Å²) in [5, 5.41) is 6.38. The number of halogens is 1. The Kier molecular flexibility index (Phi) is 3.77. The van der Waals surface area contributed by atoms with Gasteiger partial charge in [0, 0.05) is 5.56 Å². The smallest absolute Gasteiger partial charge is 0.198 e. The third-order valence-electron chi connectivity index (χ3n) is 3.47. The van der Waals surface area contributed by atoms with Crippen molar-refractivity contribution in [3.63, 3.8) is 0 Å². The lowest BCUT2D eigenvalue weighted by molar-refractivity contribution is 0.555. The fourth-order valence-corrected chi connectivity index (χ4v) is 2.73. The summed E-state index contributed by atoms with van der Waals surface area (Å²) < 4.78 is 5.23. The maximum atomic E-state index is 6.13. The van der Waals surface area contributed by atoms with Gasteiger partial charge in [0.2, 0.25) is 0 Å². The first-order valence-corrected chi connectivity index (χ1v) is 7.12. The third kappa shape index (κ3) is 2.45. The molecule has 0 amide bonds. The van der Waals surface area contributed by atoms with Crippen LogP contribution in [0.1, 0.15) is 24.1 Å². The molecule has 20 heavy (non-hydrogen) atoms. The minimum atomic E-state index is 0.0517. The average molecular weight is 286 g/mol. The summed E-state index contributed by atoms with van der Waals surface area (Å²) in [6, 6.07) is 16.8. The second-order valence-electron chi connectivity index (χ2n) is 4.75. The van der Waals surface area contributed by atoms with Gasteiger partial charge in [-0.15, -0.1) is 0 Å². The number of nitrogens with one attached hydrogen (secondary N) is 1. The van der Waals surface area contributed by atoms with Crippen LogP contribution in [0.2, 0.25) is 5.22 Å². The summed E-state index contributed by atoms with van der Waals surface area (Å²) in [5.74, 6) is 0. The Morgan fingerprint density at radius 2 is 1.90 bits per heavy atom. The van der Waals surface area contributed by atoms with E-state index < -0.39 is 0 Å². The van der Waals surface area contributed by atoms with E-state index in [-0.39, 0.29) is 6.04 Å². The van der Waals surface area contributed by atoms with Gasteiger partial charge in [0.15, 0.2) is 5.22 Å². The fourth-order valence-electron chi connectivity index (χ4n) is 2.51. The van der Waals surface area contributed by atoms with Gasteiger partial charge < -0.3 is 9.73 Å². The van der Waals surface area contributed by atoms with Gasteiger partial charge >= 0.3 is 0 Å². The van der Waals surface area contributed by atoms with Gasteiger partial charge in [-0.3, -0.25) is 0 Å². The molecule has 0 aliphatic heterocycles. The Morgan fingerprint density at radius 3 is 2.60 bits per heavy atom. The van der Waals surface area contributed by atoms with Gasteiger partial charge in [0.1, 0.15) is 0 Å². The Bertz CT molecular complexity index is 720. The number of fused-ring (bicyclic) bond motifs is 1. The predicted octanol–water partition coefficient (Wildman–Crippen LogP) is 4.79. The van der Waals surface area contributed by atoms with Gasteiger partial charge in [-0.1, -0.05) is 43.3 Å². The summed E-state index contributed by atoms with van der Waals surface area (Å²) in [6.45, 7) is 2.95. The molecule has 1 atom stereocenters. The van der Waals surface area contributed by atoms with E-state index in [9.17, 15) is 0 Å². The van der Waals surface area contributed by atoms with E-state index in [2.05, 4.69) is 54.7 Å². The van der Waals surface area contributed by atoms with Crippen molar-refractivity contribution in [2.45, 2.75) is 13.0 Å². The highest BCUT2D eigenvalue weighted by Crippen LogP contribution is 2.30. The molecule has 3 aromatic rings. The van der Waals surface area contributed by atoms with Crippen molar-refractivity contribution < 1.29 is 4.42 Å². The van der Waals surface area contributed by atoms with Crippen molar-refractivity contribution in [3.05, 3.63) is 71.1 Å². The van der Waals surface area contributed by atoms with Crippen molar-refractivity contribution in [2.75, 3.05) is 6.54 Å². The van der Waals surface area contributed by atoms with E-state index in [0.717, 1.165) is 12.1 Å². The van der Waals surface area contributed by atoms with Crippen molar-refractivity contribution in [1.29, 1.82) is 0 Å². The van der Waals surface area contributed by atoms with Crippen LogP contribution in [0.5, 0.6) is 0 Å². The standard InChI is InChI=1S/C17H16ClNO/c1-2-19-16(15-9-10-20-17(15)18)14-8-7-12-5-3-4-6-13(12)11-14/h3-11,16,19H,2H2,1H3. The minimum absolute atomic E-state index is 0.0517. The third-order valence-corrected chi connectivity index (χ3v) is 3.78. The molecule has 0 radical (unpaired) electrons. The van der Waals surface area contributed by atoms with Crippen molar-refractivity contribution >= 4 is 22.4 Å². The Labute approximate surface area is 123 Å². The highest BCUT2D eigenvalue weighted by molar-refractivity contribution is 6.29. The van der Waals surface area contributed by atoms with Gasteiger partial charge in [-0.05, 0) is 46.6 Å². The largest absolute Gasteiger partial charge is 0.453 e. The summed E-state index contributed by atoms with van der Waals surface area (Å²) in [4.78, 5) is 0. The van der Waals surface area contributed by atoms with Gasteiger partial charge in [0.25, 0.3) is 0 Å². The molecule has 0 aliphatic carbocycles. The quantitative estimate of drug-likeness (QED) is 0.746. The molecule has 1 heterocycles. The molecule has 102 valence electrons. The lowest BCUT2D eigenvalue weighted by atomic mass is 9.98. The van der Waals surface area contributed by atoms with Crippen LogP contribution >= 0.6 is 11.6 Å². The van der Waals surface area contributed by atoms with Gasteiger partial charge in [-0.2, -0.15) is 0 Å². The molecule has 3 rings (SSSR count). The normalized spacial score (nSPS) is 12.7. The lowest BCUT2D eigenvalue weighted by Gasteiger charge is -2.18. The first-order chi connectivity index (χ1) is 9.79. The Hall–Kier alpha value is -1.77. The molecule has 0 fully saturated rings. The van der Waals surface area contributed by atoms with Crippen LogP contribution < -0.4 is 5.32 Å². The lowest BCUT2D eigenvalue weighted by Crippen LogP contribution is -2.21. The maximum absolute atomic E-state index is 6.13. The molecule has 1 aromatic heterocycles. The first kappa shape index (κ1) is 13.2. The van der Waals surface area contributed by atoms with Crippen LogP contribution in [0, 0.1) is 0 Å². The summed E-state index contributed by atoms with van der Waals surface area (Å²) >= 11 is 6.13. The number of rotatable bonds is 4. The zero-order chi connectivity index (χ0) is 13.9. The van der Waals surface area contributed by atoms with Gasteiger partial charge in [0.05, 0.1) is 12.3 Å². The van der Waals surface area contributed by atoms with Crippen LogP contribution in [-0.4, -0.2) is 6.54 Å². The second kappa shape index (κ2) is 5.70. The predicted molar refractivity (Wildman–Crippen MR) is 83.2 cm³/mol. The molecular formula is C17H16ClNO. The minimum Gasteiger partial charge on any atom is -0.453 e. The first-order valence-electron chi connectivity index (χ1n) is 6.74. The van der Waals surface area contributed by atoms with E-state index in [1.807, 2.05) is 6.07 Å². The van der Waals surface area contributed by atoms with Crippen LogP contribution in [0.3, 0.4) is 0 Å². The summed E-state index contributed by atoms with van der Waals surface area (Å²) in [5.41, 5.74) is 2.16. The Morgan fingerprint density at radius 1 is 1.10 bits per heavy atom. The van der Waals surface area contributed by atoms with E-state index in [0.29, 0.717) is 5.22 Å². The zero-order valence-corrected chi connectivity index (χ0v) is 12.0. The topological polar surface area (TPSA) is 25.2 Å². The number of hydrogen-bond acceptors (Lipinski definition) is 2. The monoisotopic (exact) mass is 285 g/mol. The van der Waals surface area contributed by atoms with Gasteiger partial charge in [-0.25, -0.2) is 0 Å². The Balaban J connectivity index is 2.07. The SMILES string of the molecule is CCNC(c1ccc2ccccc2c1)c1ccoc1Cl.